The molecule has 24 heavy (non-hydrogen) atoms. The normalized spacial score (nSPS) is 12.1. The quantitative estimate of drug-likeness (QED) is 0.688. The summed E-state index contributed by atoms with van der Waals surface area (Å²) in [4.78, 5) is 4.59. The first-order valence-electron chi connectivity index (χ1n) is 8.05. The first-order chi connectivity index (χ1) is 11.7. The van der Waals surface area contributed by atoms with E-state index in [4.69, 9.17) is 4.74 Å². The molecule has 0 bridgehead atoms. The number of nitrogens with zero attached hydrogens (tertiary/aromatic N) is 1. The number of nitrogens with one attached hydrogen (secondary N) is 1. The van der Waals surface area contributed by atoms with Gasteiger partial charge in [0, 0.05) is 23.5 Å². The molecule has 3 aromatic rings. The van der Waals surface area contributed by atoms with E-state index in [-0.39, 0.29) is 0 Å². The van der Waals surface area contributed by atoms with E-state index in [0.717, 1.165) is 28.6 Å². The zero-order chi connectivity index (χ0) is 16.9. The molecule has 0 saturated heterocycles. The van der Waals surface area contributed by atoms with Gasteiger partial charge in [0.15, 0.2) is 0 Å². The van der Waals surface area contributed by atoms with Gasteiger partial charge in [-0.15, -0.1) is 11.3 Å². The number of ether oxygens (including phenoxy) is 1. The van der Waals surface area contributed by atoms with Crippen molar-refractivity contribution in [2.75, 3.05) is 7.11 Å². The van der Waals surface area contributed by atoms with E-state index < -0.39 is 0 Å². The Labute approximate surface area is 147 Å². The Morgan fingerprint density at radius 3 is 2.62 bits per heavy atom. The Kier molecular flexibility index (Phi) is 5.28. The largest absolute Gasteiger partial charge is 0.496 e. The minimum Gasteiger partial charge on any atom is -0.496 e. The predicted octanol–water partition coefficient (Wildman–Crippen LogP) is 4.98. The lowest BCUT2D eigenvalue weighted by Gasteiger charge is -2.15. The third kappa shape index (κ3) is 3.83. The maximum Gasteiger partial charge on any atom is 0.128 e. The van der Waals surface area contributed by atoms with Gasteiger partial charge in [0.05, 0.1) is 17.8 Å². The fourth-order valence-electron chi connectivity index (χ4n) is 2.68. The number of benzene rings is 2. The maximum absolute atomic E-state index is 5.50. The van der Waals surface area contributed by atoms with Crippen molar-refractivity contribution in [2.45, 2.75) is 26.4 Å². The number of thiazole rings is 1. The number of hydrogen-bond donors (Lipinski definition) is 1. The minimum absolute atomic E-state index is 0.304. The summed E-state index contributed by atoms with van der Waals surface area (Å²) in [7, 11) is 1.70. The molecule has 0 aliphatic carbocycles. The second-order valence-electron chi connectivity index (χ2n) is 5.80. The molecule has 124 valence electrons. The van der Waals surface area contributed by atoms with Crippen LogP contribution in [0, 0.1) is 6.92 Å². The number of aryl methyl sites for hydroxylation is 1. The van der Waals surface area contributed by atoms with Gasteiger partial charge in [0.2, 0.25) is 0 Å². The smallest absolute Gasteiger partial charge is 0.128 e. The highest BCUT2D eigenvalue weighted by Gasteiger charge is 2.11. The number of hydrogen-bond acceptors (Lipinski definition) is 4. The molecule has 0 fully saturated rings. The van der Waals surface area contributed by atoms with Gasteiger partial charge in [-0.2, -0.15) is 0 Å². The predicted molar refractivity (Wildman–Crippen MR) is 101 cm³/mol. The van der Waals surface area contributed by atoms with Crippen molar-refractivity contribution < 1.29 is 4.74 Å². The van der Waals surface area contributed by atoms with Gasteiger partial charge in [0.25, 0.3) is 0 Å². The van der Waals surface area contributed by atoms with Gasteiger partial charge in [-0.3, -0.25) is 0 Å². The van der Waals surface area contributed by atoms with Crippen molar-refractivity contribution in [2.24, 2.45) is 0 Å². The van der Waals surface area contributed by atoms with Crippen LogP contribution in [-0.4, -0.2) is 12.1 Å². The summed E-state index contributed by atoms with van der Waals surface area (Å²) in [6.07, 6.45) is 0. The van der Waals surface area contributed by atoms with Crippen LogP contribution < -0.4 is 10.1 Å². The van der Waals surface area contributed by atoms with E-state index in [9.17, 15) is 0 Å². The highest BCUT2D eigenvalue weighted by Crippen LogP contribution is 2.31. The Morgan fingerprint density at radius 2 is 1.96 bits per heavy atom. The molecule has 0 unspecified atom stereocenters. The molecule has 0 aliphatic heterocycles. The minimum atomic E-state index is 0.304. The molecule has 0 radical (unpaired) electrons. The van der Waals surface area contributed by atoms with Gasteiger partial charge in [0.1, 0.15) is 5.75 Å². The molecule has 3 nitrogen and oxygen atoms in total. The lowest BCUT2D eigenvalue weighted by molar-refractivity contribution is 0.416. The first kappa shape index (κ1) is 16.7. The third-order valence-corrected chi connectivity index (χ3v) is 4.84. The van der Waals surface area contributed by atoms with E-state index in [0.29, 0.717) is 6.04 Å². The summed E-state index contributed by atoms with van der Waals surface area (Å²) in [5.74, 6) is 0.861. The Hall–Kier alpha value is -2.17. The third-order valence-electron chi connectivity index (χ3n) is 4.07. The summed E-state index contributed by atoms with van der Waals surface area (Å²) in [6.45, 7) is 5.01. The van der Waals surface area contributed by atoms with Crippen molar-refractivity contribution in [3.05, 3.63) is 70.0 Å². The van der Waals surface area contributed by atoms with E-state index in [2.05, 4.69) is 59.0 Å². The fraction of sp³-hybridized carbons (Fsp3) is 0.250. The van der Waals surface area contributed by atoms with Gasteiger partial charge < -0.3 is 10.1 Å². The molecular weight excluding hydrogens is 316 g/mol. The number of rotatable bonds is 6. The second kappa shape index (κ2) is 7.60. The molecule has 3 rings (SSSR count). The SMILES string of the molecule is COc1ccc(CN[C@H](C)c2ccccc2)cc1-c1csc(C)n1. The number of aromatic nitrogens is 1. The second-order valence-corrected chi connectivity index (χ2v) is 6.86. The zero-order valence-corrected chi connectivity index (χ0v) is 15.1. The lowest BCUT2D eigenvalue weighted by Crippen LogP contribution is -2.18. The maximum atomic E-state index is 5.50. The van der Waals surface area contributed by atoms with Crippen LogP contribution in [0.3, 0.4) is 0 Å². The molecule has 1 aromatic heterocycles. The van der Waals surface area contributed by atoms with E-state index >= 15 is 0 Å². The van der Waals surface area contributed by atoms with Gasteiger partial charge >= 0.3 is 0 Å². The average Bonchev–Trinajstić information content (AvgIpc) is 3.06. The first-order valence-corrected chi connectivity index (χ1v) is 8.93. The van der Waals surface area contributed by atoms with Crippen LogP contribution in [0.15, 0.2) is 53.9 Å². The van der Waals surface area contributed by atoms with Crippen LogP contribution in [-0.2, 0) is 6.54 Å². The molecule has 0 aliphatic rings. The van der Waals surface area contributed by atoms with Crippen LogP contribution in [0.4, 0.5) is 0 Å². The van der Waals surface area contributed by atoms with Crippen molar-refractivity contribution in [1.29, 1.82) is 0 Å². The zero-order valence-electron chi connectivity index (χ0n) is 14.2. The van der Waals surface area contributed by atoms with Crippen molar-refractivity contribution in [3.63, 3.8) is 0 Å². The van der Waals surface area contributed by atoms with Crippen LogP contribution in [0.5, 0.6) is 5.75 Å². The van der Waals surface area contributed by atoms with Crippen LogP contribution in [0.1, 0.15) is 29.1 Å². The van der Waals surface area contributed by atoms with E-state index in [1.165, 1.54) is 11.1 Å². The number of methoxy groups -OCH3 is 1. The van der Waals surface area contributed by atoms with Crippen LogP contribution in [0.2, 0.25) is 0 Å². The molecule has 0 spiro atoms. The average molecular weight is 338 g/mol. The van der Waals surface area contributed by atoms with Crippen molar-refractivity contribution in [1.82, 2.24) is 10.3 Å². The summed E-state index contributed by atoms with van der Waals surface area (Å²) >= 11 is 1.66. The molecule has 0 amide bonds. The molecule has 4 heteroatoms. The highest BCUT2D eigenvalue weighted by molar-refractivity contribution is 7.09. The van der Waals surface area contributed by atoms with E-state index in [1.807, 2.05) is 19.1 Å². The monoisotopic (exact) mass is 338 g/mol. The lowest BCUT2D eigenvalue weighted by atomic mass is 10.1. The summed E-state index contributed by atoms with van der Waals surface area (Å²) in [6, 6.07) is 17.1. The summed E-state index contributed by atoms with van der Waals surface area (Å²) in [5, 5.41) is 6.72. The Morgan fingerprint density at radius 1 is 1.17 bits per heavy atom. The Bertz CT molecular complexity index is 798. The molecule has 1 N–H and O–H groups in total. The van der Waals surface area contributed by atoms with Gasteiger partial charge in [-0.05, 0) is 37.1 Å². The van der Waals surface area contributed by atoms with Gasteiger partial charge in [-0.1, -0.05) is 36.4 Å². The standard InChI is InChI=1S/C20H22N2OS/c1-14(17-7-5-4-6-8-17)21-12-16-9-10-20(23-3)18(11-16)19-13-24-15(2)22-19/h4-11,13-14,21H,12H2,1-3H3/t14-/m1/s1. The van der Waals surface area contributed by atoms with Crippen LogP contribution in [0.25, 0.3) is 11.3 Å². The van der Waals surface area contributed by atoms with Crippen molar-refractivity contribution in [3.8, 4) is 17.0 Å². The highest BCUT2D eigenvalue weighted by atomic mass is 32.1. The summed E-state index contributed by atoms with van der Waals surface area (Å²) in [5.41, 5.74) is 4.54. The molecule has 0 saturated carbocycles. The van der Waals surface area contributed by atoms with E-state index in [1.54, 1.807) is 18.4 Å². The fourth-order valence-corrected chi connectivity index (χ4v) is 3.30. The Balaban J connectivity index is 1.77. The molecule has 1 heterocycles. The van der Waals surface area contributed by atoms with Gasteiger partial charge in [-0.25, -0.2) is 4.98 Å². The van der Waals surface area contributed by atoms with Crippen LogP contribution >= 0.6 is 11.3 Å². The molecule has 1 atom stereocenters. The molecular formula is C20H22N2OS. The molecule has 2 aromatic carbocycles. The summed E-state index contributed by atoms with van der Waals surface area (Å²) < 4.78 is 5.50. The topological polar surface area (TPSA) is 34.1 Å². The van der Waals surface area contributed by atoms with Crippen molar-refractivity contribution >= 4 is 11.3 Å².